The van der Waals surface area contributed by atoms with Crippen LogP contribution in [0.2, 0.25) is 0 Å². The van der Waals surface area contributed by atoms with E-state index in [0.29, 0.717) is 0 Å². The number of hydrogen-bond acceptors (Lipinski definition) is 0. The fraction of sp³-hybridized carbons (Fsp3) is 0.667. The largest absolute Gasteiger partial charge is 0.402 e. The standard InChI is InChI=1S/C6H10.C5H6F6.C5H8.C4H10.2C2H6/c1-3-5-6-4-2;1-3(2,4(6,7)8)5(9,10)11;1-3-5-4-2;1-4(2)3;2*1-2/h3-6H,1-2H3;1-2H3;3-5H,1H2,2H3;4H,1-3H3;2*1-2H3/b5-3-,6-4-;;5-4-;;;. The average Bonchev–Trinajstić information content (AvgIpc) is 2.63. The molecule has 0 nitrogen and oxygen atoms in total. The van der Waals surface area contributed by atoms with Crippen LogP contribution in [0.4, 0.5) is 26.3 Å². The van der Waals surface area contributed by atoms with Crippen molar-refractivity contribution in [3.8, 4) is 0 Å². The second-order valence-electron chi connectivity index (χ2n) is 6.17. The summed E-state index contributed by atoms with van der Waals surface area (Å²) in [5.74, 6) is 0.833. The molecule has 6 heteroatoms. The molecule has 0 aliphatic heterocycles. The van der Waals surface area contributed by atoms with Crippen LogP contribution in [0, 0.1) is 11.3 Å². The highest BCUT2D eigenvalue weighted by molar-refractivity contribution is 4.99. The van der Waals surface area contributed by atoms with Gasteiger partial charge in [-0.25, -0.2) is 0 Å². The minimum absolute atomic E-state index is 0.104. The highest BCUT2D eigenvalue weighted by Crippen LogP contribution is 2.49. The molecule has 0 amide bonds. The third-order valence-corrected chi connectivity index (χ3v) is 2.24. The lowest BCUT2D eigenvalue weighted by Crippen LogP contribution is -2.44. The Hall–Kier alpha value is -1.46. The van der Waals surface area contributed by atoms with Crippen LogP contribution in [0.25, 0.3) is 0 Å². The number of halogens is 6. The number of alkyl halides is 6. The maximum absolute atomic E-state index is 11.6. The van der Waals surface area contributed by atoms with E-state index in [-0.39, 0.29) is 13.8 Å². The zero-order chi connectivity index (χ0) is 26.0. The Balaban J connectivity index is -0.0000000649. The Bertz CT molecular complexity index is 366. The highest BCUT2D eigenvalue weighted by Gasteiger charge is 2.64. The van der Waals surface area contributed by atoms with Crippen LogP contribution in [0.15, 0.2) is 49.1 Å². The Morgan fingerprint density at radius 1 is 0.600 bits per heavy atom. The molecule has 0 aromatic rings. The molecule has 0 aliphatic carbocycles. The fourth-order valence-electron chi connectivity index (χ4n) is 0.519. The van der Waals surface area contributed by atoms with Gasteiger partial charge in [0.15, 0.2) is 5.41 Å². The van der Waals surface area contributed by atoms with E-state index < -0.39 is 17.8 Å². The topological polar surface area (TPSA) is 0 Å². The fourth-order valence-corrected chi connectivity index (χ4v) is 0.519. The van der Waals surface area contributed by atoms with Gasteiger partial charge in [0.05, 0.1) is 0 Å². The van der Waals surface area contributed by atoms with Gasteiger partial charge in [-0.1, -0.05) is 97.6 Å². The molecular formula is C24H46F6. The summed E-state index contributed by atoms with van der Waals surface area (Å²) < 4.78 is 69.7. The first-order chi connectivity index (χ1) is 13.6. The molecule has 0 aromatic carbocycles. The second kappa shape index (κ2) is 27.5. The summed E-state index contributed by atoms with van der Waals surface area (Å²) in [6.07, 6.45) is 3.09. The van der Waals surface area contributed by atoms with Gasteiger partial charge in [-0.2, -0.15) is 26.3 Å². The van der Waals surface area contributed by atoms with Gasteiger partial charge in [0.25, 0.3) is 0 Å². The zero-order valence-corrected chi connectivity index (χ0v) is 21.1. The molecule has 0 atom stereocenters. The summed E-state index contributed by atoms with van der Waals surface area (Å²) in [6.45, 7) is 24.1. The van der Waals surface area contributed by atoms with Crippen LogP contribution in [0.5, 0.6) is 0 Å². The SMILES string of the molecule is C/C=C\C=C/C.C=C/C=C\C.CC.CC.CC(C)(C(F)(F)F)C(F)(F)F.CC(C)C. The molecule has 0 saturated carbocycles. The molecule has 0 radical (unpaired) electrons. The first kappa shape index (κ1) is 42.6. The van der Waals surface area contributed by atoms with E-state index >= 15 is 0 Å². The summed E-state index contributed by atoms with van der Waals surface area (Å²) in [4.78, 5) is 0. The zero-order valence-electron chi connectivity index (χ0n) is 21.1. The van der Waals surface area contributed by atoms with Gasteiger partial charge in [-0.05, 0) is 40.5 Å². The van der Waals surface area contributed by atoms with E-state index in [1.807, 2.05) is 84.9 Å². The molecule has 0 rings (SSSR count). The normalized spacial score (nSPS) is 11.0. The molecule has 0 heterocycles. The monoisotopic (exact) mass is 448 g/mol. The third kappa shape index (κ3) is 37.3. The van der Waals surface area contributed by atoms with Gasteiger partial charge in [-0.15, -0.1) is 0 Å². The lowest BCUT2D eigenvalue weighted by Gasteiger charge is -2.29. The molecule has 0 N–H and O–H groups in total. The van der Waals surface area contributed by atoms with Crippen molar-refractivity contribution >= 4 is 0 Å². The molecular weight excluding hydrogens is 402 g/mol. The van der Waals surface area contributed by atoms with Crippen molar-refractivity contribution < 1.29 is 26.3 Å². The van der Waals surface area contributed by atoms with Gasteiger partial charge in [0, 0.05) is 0 Å². The summed E-state index contributed by atoms with van der Waals surface area (Å²) in [5, 5.41) is 0. The number of rotatable bonds is 2. The molecule has 0 bridgehead atoms. The Labute approximate surface area is 182 Å². The third-order valence-electron chi connectivity index (χ3n) is 2.24. The van der Waals surface area contributed by atoms with E-state index in [1.54, 1.807) is 6.08 Å². The van der Waals surface area contributed by atoms with E-state index in [9.17, 15) is 26.3 Å². The van der Waals surface area contributed by atoms with Crippen LogP contribution in [-0.2, 0) is 0 Å². The summed E-state index contributed by atoms with van der Waals surface area (Å²) >= 11 is 0. The van der Waals surface area contributed by atoms with Crippen LogP contribution in [-0.4, -0.2) is 12.4 Å². The molecule has 184 valence electrons. The summed E-state index contributed by atoms with van der Waals surface area (Å²) in [5.41, 5.74) is -3.62. The first-order valence-electron chi connectivity index (χ1n) is 10.2. The predicted octanol–water partition coefficient (Wildman–Crippen LogP) is 10.7. The molecule has 0 unspecified atom stereocenters. The van der Waals surface area contributed by atoms with Crippen LogP contribution in [0.3, 0.4) is 0 Å². The quantitative estimate of drug-likeness (QED) is 0.291. The van der Waals surface area contributed by atoms with Crippen molar-refractivity contribution in [1.82, 2.24) is 0 Å². The van der Waals surface area contributed by atoms with Gasteiger partial charge >= 0.3 is 12.4 Å². The van der Waals surface area contributed by atoms with Crippen molar-refractivity contribution in [3.63, 3.8) is 0 Å². The van der Waals surface area contributed by atoms with Crippen molar-refractivity contribution in [2.45, 2.75) is 95.4 Å². The Morgan fingerprint density at radius 2 is 0.800 bits per heavy atom. The molecule has 0 aromatic heterocycles. The average molecular weight is 449 g/mol. The molecule has 0 spiro atoms. The van der Waals surface area contributed by atoms with Gasteiger partial charge in [-0.3, -0.25) is 0 Å². The van der Waals surface area contributed by atoms with E-state index in [0.717, 1.165) is 5.92 Å². The van der Waals surface area contributed by atoms with Crippen molar-refractivity contribution in [2.24, 2.45) is 11.3 Å². The highest BCUT2D eigenvalue weighted by atomic mass is 19.4. The maximum atomic E-state index is 11.6. The van der Waals surface area contributed by atoms with Crippen molar-refractivity contribution in [2.75, 3.05) is 0 Å². The van der Waals surface area contributed by atoms with E-state index in [2.05, 4.69) is 27.4 Å². The Morgan fingerprint density at radius 3 is 0.833 bits per heavy atom. The van der Waals surface area contributed by atoms with E-state index in [4.69, 9.17) is 0 Å². The van der Waals surface area contributed by atoms with Crippen molar-refractivity contribution in [3.05, 3.63) is 49.1 Å². The molecule has 0 fully saturated rings. The predicted molar refractivity (Wildman–Crippen MR) is 124 cm³/mol. The van der Waals surface area contributed by atoms with Crippen molar-refractivity contribution in [1.29, 1.82) is 0 Å². The maximum Gasteiger partial charge on any atom is 0.402 e. The molecule has 0 saturated heterocycles. The van der Waals surface area contributed by atoms with Crippen LogP contribution in [0.1, 0.15) is 83.1 Å². The number of hydrogen-bond donors (Lipinski definition) is 0. The van der Waals surface area contributed by atoms with Crippen LogP contribution >= 0.6 is 0 Å². The molecule has 0 aliphatic rings. The smallest absolute Gasteiger partial charge is 0.170 e. The van der Waals surface area contributed by atoms with Gasteiger partial charge < -0.3 is 0 Å². The molecule has 30 heavy (non-hydrogen) atoms. The minimum atomic E-state index is -5.24. The summed E-state index contributed by atoms with van der Waals surface area (Å²) in [6, 6.07) is 0. The lowest BCUT2D eigenvalue weighted by atomic mass is 9.92. The minimum Gasteiger partial charge on any atom is -0.170 e. The number of allylic oxidation sites excluding steroid dienone is 7. The van der Waals surface area contributed by atoms with Gasteiger partial charge in [0.2, 0.25) is 0 Å². The summed E-state index contributed by atoms with van der Waals surface area (Å²) in [7, 11) is 0. The second-order valence-corrected chi connectivity index (χ2v) is 6.17. The van der Waals surface area contributed by atoms with Gasteiger partial charge in [0.1, 0.15) is 0 Å². The first-order valence-corrected chi connectivity index (χ1v) is 10.2. The lowest BCUT2D eigenvalue weighted by molar-refractivity contribution is -0.327. The van der Waals surface area contributed by atoms with Crippen LogP contribution < -0.4 is 0 Å². The van der Waals surface area contributed by atoms with E-state index in [1.165, 1.54) is 0 Å². The Kier molecular flexibility index (Phi) is 39.1.